The van der Waals surface area contributed by atoms with Crippen LogP contribution in [0.5, 0.6) is 11.5 Å². The number of carbonyl (C=O) groups is 2. The van der Waals surface area contributed by atoms with Gasteiger partial charge in [0.25, 0.3) is 5.91 Å². The summed E-state index contributed by atoms with van der Waals surface area (Å²) < 4.78 is 13.1. The van der Waals surface area contributed by atoms with Gasteiger partial charge in [-0.3, -0.25) is 9.59 Å². The quantitative estimate of drug-likeness (QED) is 0.105. The number of carbonyl (C=O) groups excluding carboxylic acids is 2. The first-order valence-electron chi connectivity index (χ1n) is 17.6. The third-order valence-electron chi connectivity index (χ3n) is 9.72. The maximum absolute atomic E-state index is 14.1. The lowest BCUT2D eigenvalue weighted by Gasteiger charge is -2.31. The molecule has 1 aromatic heterocycles. The molecule has 51 heavy (non-hydrogen) atoms. The number of thioether (sulfide) groups is 1. The molecule has 5 aromatic rings. The number of thiazole rings is 1. The molecule has 0 aliphatic rings. The molecule has 5 rings (SSSR count). The maximum Gasteiger partial charge on any atom is 0.265 e. The second-order valence-corrected chi connectivity index (χ2v) is 16.1. The van der Waals surface area contributed by atoms with Gasteiger partial charge in [0.05, 0.1) is 28.7 Å². The molecule has 0 fully saturated rings. The van der Waals surface area contributed by atoms with Crippen LogP contribution in [0.2, 0.25) is 0 Å². The molecule has 4 aromatic carbocycles. The zero-order valence-electron chi connectivity index (χ0n) is 30.8. The Kier molecular flexibility index (Phi) is 12.1. The number of fused-ring (bicyclic) bond motifs is 1. The van der Waals surface area contributed by atoms with Crippen LogP contribution in [0.1, 0.15) is 89.1 Å². The number of ether oxygens (including phenoxy) is 2. The molecule has 2 N–H and O–H groups in total. The van der Waals surface area contributed by atoms with E-state index in [4.69, 9.17) is 14.5 Å². The van der Waals surface area contributed by atoms with E-state index in [9.17, 15) is 9.59 Å². The first kappa shape index (κ1) is 37.9. The summed E-state index contributed by atoms with van der Waals surface area (Å²) in [5, 5.41) is 6.13. The molecule has 0 saturated heterocycles. The number of aromatic nitrogens is 1. The monoisotopic (exact) mass is 723 g/mol. The number of amides is 2. The summed E-state index contributed by atoms with van der Waals surface area (Å²) in [6.45, 7) is 15.3. The van der Waals surface area contributed by atoms with Crippen LogP contribution in [0.25, 0.3) is 10.2 Å². The molecule has 2 amide bonds. The van der Waals surface area contributed by atoms with Gasteiger partial charge in [0.15, 0.2) is 6.10 Å². The van der Waals surface area contributed by atoms with Crippen LogP contribution in [-0.4, -0.2) is 30.0 Å². The van der Waals surface area contributed by atoms with Crippen LogP contribution in [0.4, 0.5) is 11.4 Å². The van der Waals surface area contributed by atoms with Gasteiger partial charge in [-0.15, -0.1) is 23.1 Å². The first-order chi connectivity index (χ1) is 24.4. The highest BCUT2D eigenvalue weighted by Crippen LogP contribution is 2.43. The van der Waals surface area contributed by atoms with Gasteiger partial charge in [0.2, 0.25) is 5.91 Å². The van der Waals surface area contributed by atoms with Gasteiger partial charge in [0.1, 0.15) is 21.8 Å². The van der Waals surface area contributed by atoms with Crippen molar-refractivity contribution in [3.05, 3.63) is 107 Å². The minimum Gasteiger partial charge on any atom is -0.495 e. The molecule has 7 nitrogen and oxygen atoms in total. The second-order valence-electron chi connectivity index (χ2n) is 13.9. The van der Waals surface area contributed by atoms with E-state index < -0.39 is 11.4 Å². The van der Waals surface area contributed by atoms with Crippen LogP contribution >= 0.6 is 23.1 Å². The largest absolute Gasteiger partial charge is 0.495 e. The van der Waals surface area contributed by atoms with Crippen LogP contribution in [0, 0.1) is 0 Å². The molecule has 268 valence electrons. The van der Waals surface area contributed by atoms with E-state index in [2.05, 4.69) is 64.3 Å². The predicted molar refractivity (Wildman–Crippen MR) is 213 cm³/mol. The molecule has 0 radical (unpaired) electrons. The average Bonchev–Trinajstić information content (AvgIpc) is 3.57. The van der Waals surface area contributed by atoms with E-state index in [1.54, 1.807) is 19.2 Å². The Morgan fingerprint density at radius 1 is 0.784 bits per heavy atom. The zero-order chi connectivity index (χ0) is 36.8. The number of nitrogens with zero attached hydrogens (tertiary/aromatic N) is 1. The first-order valence-corrected chi connectivity index (χ1v) is 19.3. The summed E-state index contributed by atoms with van der Waals surface area (Å²) in [6.07, 6.45) is 1.69. The second kappa shape index (κ2) is 16.3. The van der Waals surface area contributed by atoms with Crippen LogP contribution in [0.15, 0.2) is 95.9 Å². The van der Waals surface area contributed by atoms with Gasteiger partial charge in [-0.1, -0.05) is 97.0 Å². The highest BCUT2D eigenvalue weighted by molar-refractivity contribution is 8.00. The van der Waals surface area contributed by atoms with Gasteiger partial charge in [-0.2, -0.15) is 0 Å². The normalized spacial score (nSPS) is 13.0. The molecule has 0 aliphatic carbocycles. The lowest BCUT2D eigenvalue weighted by atomic mass is 9.76. The number of nitrogens with one attached hydrogen (secondary N) is 2. The number of para-hydroxylation sites is 4. The average molecular weight is 724 g/mol. The SMILES string of the molecule is CCC(Oc1ccc(C(C)(C)CC)cc1C(C)(C)CC)C(=O)Nc1ccccc1SC(C(=O)Nc1ccccc1OC)c1nc2ccccc2s1. The molecule has 9 heteroatoms. The van der Waals surface area contributed by atoms with Crippen molar-refractivity contribution in [1.82, 2.24) is 4.98 Å². The van der Waals surface area contributed by atoms with Crippen LogP contribution in [-0.2, 0) is 20.4 Å². The summed E-state index contributed by atoms with van der Waals surface area (Å²) in [5.41, 5.74) is 4.23. The fourth-order valence-electron chi connectivity index (χ4n) is 5.63. The maximum atomic E-state index is 14.1. The standard InChI is InChI=1S/C42H49N3O4S2/c1-9-32(49-33-25-24-27(41(4,5)10-2)26-28(33)42(6,7)11-3)38(46)44-30-19-13-16-22-35(30)50-37(40-45-31-20-14-17-23-36(31)51-40)39(47)43-29-18-12-15-21-34(29)48-8/h12-26,32,37H,9-11H2,1-8H3,(H,43,47)(H,44,46). The number of anilines is 2. The van der Waals surface area contributed by atoms with Crippen molar-refractivity contribution in [2.45, 2.75) is 94.8 Å². The summed E-state index contributed by atoms with van der Waals surface area (Å²) >= 11 is 2.82. The Morgan fingerprint density at radius 3 is 2.12 bits per heavy atom. The van der Waals surface area contributed by atoms with Gasteiger partial charge in [-0.05, 0) is 78.1 Å². The van der Waals surface area contributed by atoms with E-state index in [-0.39, 0.29) is 22.6 Å². The van der Waals surface area contributed by atoms with Crippen LogP contribution < -0.4 is 20.1 Å². The molecule has 0 bridgehead atoms. The topological polar surface area (TPSA) is 89.5 Å². The van der Waals surface area contributed by atoms with Crippen molar-refractivity contribution in [3.63, 3.8) is 0 Å². The van der Waals surface area contributed by atoms with Crippen LogP contribution in [0.3, 0.4) is 0 Å². The minimum absolute atomic E-state index is 0.0211. The van der Waals surface area contributed by atoms with E-state index in [1.807, 2.05) is 73.7 Å². The third-order valence-corrected chi connectivity index (χ3v) is 12.3. The molecular formula is C42H49N3O4S2. The van der Waals surface area contributed by atoms with E-state index >= 15 is 0 Å². The van der Waals surface area contributed by atoms with Crippen molar-refractivity contribution in [2.24, 2.45) is 0 Å². The smallest absolute Gasteiger partial charge is 0.265 e. The van der Waals surface area contributed by atoms with Gasteiger partial charge >= 0.3 is 0 Å². The summed E-state index contributed by atoms with van der Waals surface area (Å²) in [4.78, 5) is 33.6. The van der Waals surface area contributed by atoms with Crippen molar-refractivity contribution < 1.29 is 19.1 Å². The number of hydrogen-bond donors (Lipinski definition) is 2. The number of methoxy groups -OCH3 is 1. The van der Waals surface area contributed by atoms with Gasteiger partial charge in [-0.25, -0.2) is 4.98 Å². The lowest BCUT2D eigenvalue weighted by molar-refractivity contribution is -0.123. The summed E-state index contributed by atoms with van der Waals surface area (Å²) in [5.74, 6) is 0.788. The van der Waals surface area contributed by atoms with Crippen molar-refractivity contribution in [3.8, 4) is 11.5 Å². The Balaban J connectivity index is 1.43. The Morgan fingerprint density at radius 2 is 1.43 bits per heavy atom. The Hall–Kier alpha value is -4.34. The molecule has 0 spiro atoms. The number of benzene rings is 4. The van der Waals surface area contributed by atoms with Crippen molar-refractivity contribution in [2.75, 3.05) is 17.7 Å². The fraction of sp³-hybridized carbons (Fsp3) is 0.357. The predicted octanol–water partition coefficient (Wildman–Crippen LogP) is 10.9. The van der Waals surface area contributed by atoms with E-state index in [1.165, 1.54) is 28.7 Å². The molecule has 0 saturated carbocycles. The molecular weight excluding hydrogens is 675 g/mol. The van der Waals surface area contributed by atoms with Gasteiger partial charge < -0.3 is 20.1 Å². The molecule has 2 atom stereocenters. The van der Waals surface area contributed by atoms with Crippen molar-refractivity contribution in [1.29, 1.82) is 0 Å². The highest BCUT2D eigenvalue weighted by Gasteiger charge is 2.31. The summed E-state index contributed by atoms with van der Waals surface area (Å²) in [6, 6.07) is 29.1. The number of rotatable bonds is 15. The fourth-order valence-corrected chi connectivity index (χ4v) is 7.84. The lowest BCUT2D eigenvalue weighted by Crippen LogP contribution is -2.33. The molecule has 0 aliphatic heterocycles. The summed E-state index contributed by atoms with van der Waals surface area (Å²) in [7, 11) is 1.57. The highest BCUT2D eigenvalue weighted by atomic mass is 32.2. The molecule has 1 heterocycles. The third kappa shape index (κ3) is 8.76. The van der Waals surface area contributed by atoms with E-state index in [0.717, 1.165) is 39.3 Å². The Labute approximate surface area is 310 Å². The number of hydrogen-bond acceptors (Lipinski definition) is 7. The van der Waals surface area contributed by atoms with E-state index in [0.29, 0.717) is 28.6 Å². The Bertz CT molecular complexity index is 1950. The molecule has 2 unspecified atom stereocenters. The van der Waals surface area contributed by atoms with Gasteiger partial charge in [0, 0.05) is 10.5 Å². The minimum atomic E-state index is -0.728. The van der Waals surface area contributed by atoms with Crippen molar-refractivity contribution >= 4 is 56.5 Å². The zero-order valence-corrected chi connectivity index (χ0v) is 32.5.